The Labute approximate surface area is 162 Å². The fraction of sp³-hybridized carbons (Fsp3) is 0.450. The fourth-order valence-corrected chi connectivity index (χ4v) is 3.83. The van der Waals surface area contributed by atoms with E-state index in [0.29, 0.717) is 37.0 Å². The number of nitrogens with zero attached hydrogens (tertiary/aromatic N) is 3. The molecule has 2 aromatic rings. The molecule has 0 spiro atoms. The predicted octanol–water partition coefficient (Wildman–Crippen LogP) is 2.30. The summed E-state index contributed by atoms with van der Waals surface area (Å²) in [6.45, 7) is 3.37. The zero-order chi connectivity index (χ0) is 19.3. The highest BCUT2D eigenvalue weighted by Gasteiger charge is 2.37. The Morgan fingerprint density at radius 1 is 1.21 bits per heavy atom. The molecule has 1 fully saturated rings. The third kappa shape index (κ3) is 2.89. The van der Waals surface area contributed by atoms with Gasteiger partial charge in [-0.15, -0.1) is 0 Å². The summed E-state index contributed by atoms with van der Waals surface area (Å²) in [4.78, 5) is 29.5. The first-order valence-electron chi connectivity index (χ1n) is 9.58. The summed E-state index contributed by atoms with van der Waals surface area (Å²) in [5, 5.41) is 3.82. The van der Waals surface area contributed by atoms with E-state index in [1.54, 1.807) is 17.9 Å². The van der Waals surface area contributed by atoms with Gasteiger partial charge in [0.25, 0.3) is 5.91 Å². The quantitative estimate of drug-likeness (QED) is 0.791. The van der Waals surface area contributed by atoms with Gasteiger partial charge in [0.15, 0.2) is 11.5 Å². The number of anilines is 1. The lowest BCUT2D eigenvalue weighted by Crippen LogP contribution is -2.41. The van der Waals surface area contributed by atoms with Crippen molar-refractivity contribution in [2.45, 2.75) is 38.8 Å². The van der Waals surface area contributed by atoms with Gasteiger partial charge in [0.05, 0.1) is 17.9 Å². The molecule has 8 heteroatoms. The van der Waals surface area contributed by atoms with Crippen molar-refractivity contribution in [2.75, 3.05) is 24.7 Å². The molecule has 0 saturated heterocycles. The van der Waals surface area contributed by atoms with E-state index in [1.807, 2.05) is 17.0 Å². The number of carbonyl (C=O) groups is 2. The molecule has 0 radical (unpaired) electrons. The van der Waals surface area contributed by atoms with Crippen LogP contribution in [0.3, 0.4) is 0 Å². The first-order valence-corrected chi connectivity index (χ1v) is 9.58. The number of fused-ring (bicyclic) bond motifs is 3. The van der Waals surface area contributed by atoms with Crippen molar-refractivity contribution in [1.82, 2.24) is 10.1 Å². The molecule has 0 atom stereocenters. The van der Waals surface area contributed by atoms with Gasteiger partial charge in [0.1, 0.15) is 13.2 Å². The molecule has 0 N–H and O–H groups in total. The minimum atomic E-state index is -0.314. The van der Waals surface area contributed by atoms with E-state index >= 15 is 0 Å². The van der Waals surface area contributed by atoms with Crippen LogP contribution >= 0.6 is 0 Å². The molecular formula is C20H21N3O5. The number of rotatable bonds is 2. The number of benzene rings is 1. The van der Waals surface area contributed by atoms with Crippen molar-refractivity contribution in [3.8, 4) is 11.5 Å². The molecular weight excluding hydrogens is 362 g/mol. The SMILES string of the molecule is Cc1cc(C(=O)N2CCC(=O)N(C3CC3)Cc3c2ccc2c3OCCO2)on1. The van der Waals surface area contributed by atoms with Crippen LogP contribution in [0.5, 0.6) is 11.5 Å². The van der Waals surface area contributed by atoms with Crippen LogP contribution in [0.4, 0.5) is 5.69 Å². The predicted molar refractivity (Wildman–Crippen MR) is 98.5 cm³/mol. The molecule has 1 aromatic carbocycles. The number of ether oxygens (including phenoxy) is 2. The summed E-state index contributed by atoms with van der Waals surface area (Å²) in [7, 11) is 0. The Kier molecular flexibility index (Phi) is 3.99. The topological polar surface area (TPSA) is 85.1 Å². The molecule has 5 rings (SSSR count). The van der Waals surface area contributed by atoms with Gasteiger partial charge in [-0.2, -0.15) is 0 Å². The summed E-state index contributed by atoms with van der Waals surface area (Å²) in [6.07, 6.45) is 2.31. The zero-order valence-electron chi connectivity index (χ0n) is 15.6. The maximum atomic E-state index is 13.1. The number of aryl methyl sites for hydroxylation is 1. The number of hydrogen-bond donors (Lipinski definition) is 0. The fourth-order valence-electron chi connectivity index (χ4n) is 3.83. The molecule has 3 aliphatic rings. The first kappa shape index (κ1) is 17.1. The standard InChI is InChI=1S/C20H21N3O5/c1-12-10-17(28-21-12)20(25)22-7-6-18(24)23(13-2-3-13)11-14-15(22)4-5-16-19(14)27-9-8-26-16/h4-5,10,13H,2-3,6-9,11H2,1H3. The third-order valence-corrected chi connectivity index (χ3v) is 5.35. The van der Waals surface area contributed by atoms with Crippen molar-refractivity contribution < 1.29 is 23.6 Å². The highest BCUT2D eigenvalue weighted by atomic mass is 16.6. The van der Waals surface area contributed by atoms with Crippen molar-refractivity contribution in [2.24, 2.45) is 0 Å². The second-order valence-corrected chi connectivity index (χ2v) is 7.38. The molecule has 28 heavy (non-hydrogen) atoms. The summed E-state index contributed by atoms with van der Waals surface area (Å²) >= 11 is 0. The van der Waals surface area contributed by atoms with Gasteiger partial charge in [-0.1, -0.05) is 5.16 Å². The van der Waals surface area contributed by atoms with Gasteiger partial charge in [0.2, 0.25) is 11.7 Å². The molecule has 3 heterocycles. The van der Waals surface area contributed by atoms with Crippen molar-refractivity contribution in [1.29, 1.82) is 0 Å². The third-order valence-electron chi connectivity index (χ3n) is 5.35. The summed E-state index contributed by atoms with van der Waals surface area (Å²) < 4.78 is 16.8. The van der Waals surface area contributed by atoms with Gasteiger partial charge in [-0.3, -0.25) is 9.59 Å². The second-order valence-electron chi connectivity index (χ2n) is 7.38. The zero-order valence-corrected chi connectivity index (χ0v) is 15.6. The number of hydrogen-bond acceptors (Lipinski definition) is 6. The minimum absolute atomic E-state index is 0.0500. The van der Waals surface area contributed by atoms with Crippen LogP contribution in [-0.2, 0) is 11.3 Å². The normalized spacial score (nSPS) is 19.1. The highest BCUT2D eigenvalue weighted by Crippen LogP contribution is 2.43. The summed E-state index contributed by atoms with van der Waals surface area (Å²) in [5.41, 5.74) is 2.16. The maximum Gasteiger partial charge on any atom is 0.296 e. The molecule has 1 aliphatic carbocycles. The van der Waals surface area contributed by atoms with E-state index in [9.17, 15) is 9.59 Å². The van der Waals surface area contributed by atoms with E-state index in [2.05, 4.69) is 5.16 Å². The summed E-state index contributed by atoms with van der Waals surface area (Å²) in [6, 6.07) is 5.58. The van der Waals surface area contributed by atoms with Crippen molar-refractivity contribution in [3.63, 3.8) is 0 Å². The van der Waals surface area contributed by atoms with Crippen LogP contribution < -0.4 is 14.4 Å². The monoisotopic (exact) mass is 383 g/mol. The molecule has 8 nitrogen and oxygen atoms in total. The van der Waals surface area contributed by atoms with Crippen LogP contribution in [0.1, 0.15) is 41.1 Å². The van der Waals surface area contributed by atoms with Gasteiger partial charge in [-0.05, 0) is 31.9 Å². The summed E-state index contributed by atoms with van der Waals surface area (Å²) in [5.74, 6) is 1.16. The van der Waals surface area contributed by atoms with E-state index < -0.39 is 0 Å². The maximum absolute atomic E-state index is 13.1. The van der Waals surface area contributed by atoms with Gasteiger partial charge >= 0.3 is 0 Å². The number of carbonyl (C=O) groups excluding carboxylic acids is 2. The van der Waals surface area contributed by atoms with E-state index in [0.717, 1.165) is 24.1 Å². The molecule has 1 saturated carbocycles. The lowest BCUT2D eigenvalue weighted by atomic mass is 10.0. The van der Waals surface area contributed by atoms with Gasteiger partial charge in [0, 0.05) is 30.6 Å². The Morgan fingerprint density at radius 2 is 2.04 bits per heavy atom. The van der Waals surface area contributed by atoms with Crippen LogP contribution in [0.15, 0.2) is 22.7 Å². The van der Waals surface area contributed by atoms with Crippen molar-refractivity contribution >= 4 is 17.5 Å². The lowest BCUT2D eigenvalue weighted by molar-refractivity contribution is -0.132. The number of amides is 2. The smallest absolute Gasteiger partial charge is 0.296 e. The first-order chi connectivity index (χ1) is 13.6. The van der Waals surface area contributed by atoms with Crippen LogP contribution in [0, 0.1) is 6.92 Å². The van der Waals surface area contributed by atoms with Crippen LogP contribution in [0.25, 0.3) is 0 Å². The second kappa shape index (κ2) is 6.54. The van der Waals surface area contributed by atoms with E-state index in [1.165, 1.54) is 0 Å². The highest BCUT2D eigenvalue weighted by molar-refractivity contribution is 6.05. The molecule has 0 bridgehead atoms. The average Bonchev–Trinajstić information content (AvgIpc) is 3.44. The van der Waals surface area contributed by atoms with Crippen LogP contribution in [-0.4, -0.2) is 47.7 Å². The Hall–Kier alpha value is -3.03. The minimum Gasteiger partial charge on any atom is -0.486 e. The number of aromatic nitrogens is 1. The average molecular weight is 383 g/mol. The van der Waals surface area contributed by atoms with Crippen molar-refractivity contribution in [3.05, 3.63) is 35.2 Å². The van der Waals surface area contributed by atoms with E-state index in [4.69, 9.17) is 14.0 Å². The molecule has 1 aromatic heterocycles. The van der Waals surface area contributed by atoms with Gasteiger partial charge < -0.3 is 23.8 Å². The van der Waals surface area contributed by atoms with Crippen LogP contribution in [0.2, 0.25) is 0 Å². The Bertz CT molecular complexity index is 949. The lowest BCUT2D eigenvalue weighted by Gasteiger charge is -2.34. The molecule has 0 unspecified atom stereocenters. The molecule has 2 aliphatic heterocycles. The van der Waals surface area contributed by atoms with Gasteiger partial charge in [-0.25, -0.2) is 0 Å². The largest absolute Gasteiger partial charge is 0.486 e. The van der Waals surface area contributed by atoms with E-state index in [-0.39, 0.29) is 36.6 Å². The Morgan fingerprint density at radius 3 is 2.79 bits per heavy atom. The molecule has 146 valence electrons. The Balaban J connectivity index is 1.61. The molecule has 2 amide bonds.